The Kier molecular flexibility index (Phi) is 6.70. The first-order valence-corrected chi connectivity index (χ1v) is 12.7. The molecule has 0 unspecified atom stereocenters. The van der Waals surface area contributed by atoms with Gasteiger partial charge in [-0.3, -0.25) is 9.10 Å². The van der Waals surface area contributed by atoms with Crippen molar-refractivity contribution >= 4 is 50.1 Å². The van der Waals surface area contributed by atoms with Crippen LogP contribution in [0, 0.1) is 5.82 Å². The number of halogens is 5. The SMILES string of the molecule is CN(c1ccc2c(-c3ccc(C(=O)O)cc3F)nn(C(=O)c3c(Cl)cccc3C(F)(F)F)c2c1)S(C)(=O)=O. The molecule has 0 aliphatic carbocycles. The first kappa shape index (κ1) is 27.1. The van der Waals surface area contributed by atoms with Gasteiger partial charge in [-0.25, -0.2) is 17.6 Å². The van der Waals surface area contributed by atoms with Crippen LogP contribution in [0.3, 0.4) is 0 Å². The van der Waals surface area contributed by atoms with Crippen molar-refractivity contribution < 1.29 is 40.7 Å². The molecule has 0 spiro atoms. The zero-order valence-electron chi connectivity index (χ0n) is 19.4. The van der Waals surface area contributed by atoms with Gasteiger partial charge in [0.15, 0.2) is 0 Å². The minimum atomic E-state index is -4.96. The number of aromatic carboxylic acids is 1. The summed E-state index contributed by atoms with van der Waals surface area (Å²) in [5, 5.41) is 12.8. The first-order valence-electron chi connectivity index (χ1n) is 10.5. The highest BCUT2D eigenvalue weighted by atomic mass is 35.5. The summed E-state index contributed by atoms with van der Waals surface area (Å²) in [6.45, 7) is 0. The average Bonchev–Trinajstić information content (AvgIpc) is 3.20. The number of rotatable bonds is 5. The predicted octanol–water partition coefficient (Wildman–Crippen LogP) is 5.30. The number of nitrogens with zero attached hydrogens (tertiary/aromatic N) is 3. The topological polar surface area (TPSA) is 110 Å². The highest BCUT2D eigenvalue weighted by Crippen LogP contribution is 2.38. The molecule has 14 heteroatoms. The van der Waals surface area contributed by atoms with Gasteiger partial charge in [-0.2, -0.15) is 23.0 Å². The summed E-state index contributed by atoms with van der Waals surface area (Å²) in [4.78, 5) is 24.7. The molecular formula is C24H16ClF4N3O5S. The van der Waals surface area contributed by atoms with Gasteiger partial charge in [0.25, 0.3) is 5.91 Å². The summed E-state index contributed by atoms with van der Waals surface area (Å²) in [5.74, 6) is -3.72. The van der Waals surface area contributed by atoms with Crippen LogP contribution in [0.4, 0.5) is 23.2 Å². The summed E-state index contributed by atoms with van der Waals surface area (Å²) in [6.07, 6.45) is -4.04. The molecule has 0 bridgehead atoms. The van der Waals surface area contributed by atoms with Crippen molar-refractivity contribution in [3.63, 3.8) is 0 Å². The maximum Gasteiger partial charge on any atom is 0.417 e. The lowest BCUT2D eigenvalue weighted by atomic mass is 10.0. The Morgan fingerprint density at radius 1 is 1.08 bits per heavy atom. The van der Waals surface area contributed by atoms with Crippen molar-refractivity contribution in [1.29, 1.82) is 0 Å². The van der Waals surface area contributed by atoms with Crippen molar-refractivity contribution in [2.45, 2.75) is 6.18 Å². The van der Waals surface area contributed by atoms with Crippen LogP contribution in [0.2, 0.25) is 5.02 Å². The van der Waals surface area contributed by atoms with Crippen LogP contribution in [0.5, 0.6) is 0 Å². The number of hydrogen-bond donors (Lipinski definition) is 1. The quantitative estimate of drug-likeness (QED) is 0.327. The zero-order valence-corrected chi connectivity index (χ0v) is 21.0. The van der Waals surface area contributed by atoms with Crippen LogP contribution >= 0.6 is 11.6 Å². The fraction of sp³-hybridized carbons (Fsp3) is 0.125. The number of carboxylic acids is 1. The smallest absolute Gasteiger partial charge is 0.417 e. The monoisotopic (exact) mass is 569 g/mol. The highest BCUT2D eigenvalue weighted by molar-refractivity contribution is 7.92. The Morgan fingerprint density at radius 3 is 2.34 bits per heavy atom. The van der Waals surface area contributed by atoms with E-state index in [0.29, 0.717) is 10.7 Å². The van der Waals surface area contributed by atoms with Gasteiger partial charge >= 0.3 is 12.1 Å². The molecule has 0 saturated heterocycles. The molecule has 0 radical (unpaired) electrons. The van der Waals surface area contributed by atoms with Crippen LogP contribution in [-0.2, 0) is 16.2 Å². The van der Waals surface area contributed by atoms with Crippen LogP contribution < -0.4 is 4.31 Å². The van der Waals surface area contributed by atoms with Gasteiger partial charge in [-0.1, -0.05) is 17.7 Å². The number of alkyl halides is 3. The van der Waals surface area contributed by atoms with E-state index in [4.69, 9.17) is 16.7 Å². The second kappa shape index (κ2) is 9.40. The van der Waals surface area contributed by atoms with Gasteiger partial charge in [-0.15, -0.1) is 0 Å². The van der Waals surface area contributed by atoms with Gasteiger partial charge in [-0.05, 0) is 48.5 Å². The number of benzene rings is 3. The Morgan fingerprint density at radius 2 is 1.76 bits per heavy atom. The molecule has 4 rings (SSSR count). The van der Waals surface area contributed by atoms with E-state index in [1.165, 1.54) is 25.2 Å². The summed E-state index contributed by atoms with van der Waals surface area (Å²) in [6, 6.07) is 9.54. The number of aromatic nitrogens is 2. The molecule has 0 aliphatic rings. The number of hydrogen-bond acceptors (Lipinski definition) is 5. The number of fused-ring (bicyclic) bond motifs is 1. The van der Waals surface area contributed by atoms with Gasteiger partial charge in [0.1, 0.15) is 11.5 Å². The molecule has 0 saturated carbocycles. The van der Waals surface area contributed by atoms with Crippen LogP contribution in [0.15, 0.2) is 54.6 Å². The molecule has 1 N–H and O–H groups in total. The fourth-order valence-corrected chi connectivity index (χ4v) is 4.52. The summed E-state index contributed by atoms with van der Waals surface area (Å²) in [7, 11) is -2.55. The molecular weight excluding hydrogens is 554 g/mol. The van der Waals surface area contributed by atoms with Crippen LogP contribution in [0.25, 0.3) is 22.2 Å². The van der Waals surface area contributed by atoms with E-state index in [0.717, 1.165) is 40.9 Å². The van der Waals surface area contributed by atoms with Crippen molar-refractivity contribution in [3.05, 3.63) is 82.1 Å². The lowest BCUT2D eigenvalue weighted by molar-refractivity contribution is -0.137. The maximum atomic E-state index is 15.0. The van der Waals surface area contributed by atoms with Gasteiger partial charge in [0, 0.05) is 18.0 Å². The molecule has 198 valence electrons. The molecule has 8 nitrogen and oxygen atoms in total. The highest BCUT2D eigenvalue weighted by Gasteiger charge is 2.37. The largest absolute Gasteiger partial charge is 0.478 e. The number of sulfonamides is 1. The average molecular weight is 570 g/mol. The van der Waals surface area contributed by atoms with Crippen molar-refractivity contribution in [3.8, 4) is 11.3 Å². The van der Waals surface area contributed by atoms with Crippen molar-refractivity contribution in [1.82, 2.24) is 9.78 Å². The Balaban J connectivity index is 2.04. The van der Waals surface area contributed by atoms with E-state index in [-0.39, 0.29) is 33.4 Å². The van der Waals surface area contributed by atoms with E-state index >= 15 is 0 Å². The molecule has 1 heterocycles. The predicted molar refractivity (Wildman–Crippen MR) is 132 cm³/mol. The molecule has 38 heavy (non-hydrogen) atoms. The maximum absolute atomic E-state index is 15.0. The fourth-order valence-electron chi connectivity index (χ4n) is 3.77. The second-order valence-electron chi connectivity index (χ2n) is 8.16. The summed E-state index contributed by atoms with van der Waals surface area (Å²) >= 11 is 6.00. The molecule has 0 aliphatic heterocycles. The summed E-state index contributed by atoms with van der Waals surface area (Å²) < 4.78 is 81.7. The zero-order chi connectivity index (χ0) is 28.2. The third-order valence-corrected chi connectivity index (χ3v) is 7.24. The van der Waals surface area contributed by atoms with Gasteiger partial charge < -0.3 is 5.11 Å². The lowest BCUT2D eigenvalue weighted by Gasteiger charge is -2.17. The van der Waals surface area contributed by atoms with Crippen molar-refractivity contribution in [2.75, 3.05) is 17.6 Å². The van der Waals surface area contributed by atoms with E-state index in [1.54, 1.807) is 0 Å². The normalized spacial score (nSPS) is 12.1. The first-order chi connectivity index (χ1) is 17.6. The van der Waals surface area contributed by atoms with Crippen LogP contribution in [-0.4, -0.2) is 48.5 Å². The molecule has 0 fully saturated rings. The molecule has 4 aromatic rings. The number of anilines is 1. The van der Waals surface area contributed by atoms with E-state index in [9.17, 15) is 35.6 Å². The third kappa shape index (κ3) is 4.82. The third-order valence-electron chi connectivity index (χ3n) is 5.72. The van der Waals surface area contributed by atoms with Gasteiger partial charge in [0.2, 0.25) is 10.0 Å². The molecule has 0 atom stereocenters. The summed E-state index contributed by atoms with van der Waals surface area (Å²) in [5.41, 5.74) is -3.16. The van der Waals surface area contributed by atoms with Gasteiger partial charge in [0.05, 0.1) is 39.2 Å². The number of carboxylic acid groups (broad SMARTS) is 1. The van der Waals surface area contributed by atoms with E-state index < -0.39 is 50.0 Å². The molecule has 3 aromatic carbocycles. The number of carbonyl (C=O) groups is 2. The molecule has 0 amide bonds. The minimum Gasteiger partial charge on any atom is -0.478 e. The Hall–Kier alpha value is -3.97. The number of carbonyl (C=O) groups excluding carboxylic acids is 1. The standard InChI is InChI=1S/C24H16ClF4N3O5S/c1-31(38(2,36)37)13-7-9-15-19(11-13)32(22(33)20-16(24(27,28)29)4-3-5-17(20)25)30-21(15)14-8-6-12(23(34)35)10-18(14)26/h3-11H,1-2H3,(H,34,35). The van der Waals surface area contributed by atoms with E-state index in [2.05, 4.69) is 5.10 Å². The van der Waals surface area contributed by atoms with E-state index in [1.807, 2.05) is 0 Å². The Labute approximate surface area is 217 Å². The molecule has 1 aromatic heterocycles. The Bertz CT molecular complexity index is 1740. The second-order valence-corrected chi connectivity index (χ2v) is 10.6. The lowest BCUT2D eigenvalue weighted by Crippen LogP contribution is -2.25. The van der Waals surface area contributed by atoms with Crippen LogP contribution in [0.1, 0.15) is 26.3 Å². The van der Waals surface area contributed by atoms with Crippen molar-refractivity contribution in [2.24, 2.45) is 0 Å². The minimum absolute atomic E-state index is 0.0393.